The minimum Gasteiger partial charge on any atom is -0.385 e. The van der Waals surface area contributed by atoms with Gasteiger partial charge in [-0.25, -0.2) is 0 Å². The van der Waals surface area contributed by atoms with Gasteiger partial charge in [-0.3, -0.25) is 9.59 Å². The zero-order chi connectivity index (χ0) is 12.1. The van der Waals surface area contributed by atoms with Gasteiger partial charge in [-0.15, -0.1) is 0 Å². The zero-order valence-corrected chi connectivity index (χ0v) is 10.2. The van der Waals surface area contributed by atoms with E-state index in [2.05, 4.69) is 5.32 Å². The summed E-state index contributed by atoms with van der Waals surface area (Å²) in [5, 5.41) is 2.72. The minimum absolute atomic E-state index is 0.0192. The number of carbonyl (C=O) groups excluding carboxylic acids is 2. The first-order chi connectivity index (χ1) is 7.56. The van der Waals surface area contributed by atoms with E-state index in [0.717, 1.165) is 6.42 Å². The highest BCUT2D eigenvalue weighted by molar-refractivity contribution is 5.94. The number of nitrogens with zero attached hydrogens (tertiary/aromatic N) is 1. The van der Waals surface area contributed by atoms with Crippen molar-refractivity contribution in [2.45, 2.75) is 26.3 Å². The Morgan fingerprint density at radius 2 is 2.19 bits per heavy atom. The average molecular weight is 228 g/mol. The summed E-state index contributed by atoms with van der Waals surface area (Å²) in [6, 6.07) is -0.371. The molecule has 0 aromatic heterocycles. The zero-order valence-electron chi connectivity index (χ0n) is 10.2. The van der Waals surface area contributed by atoms with Gasteiger partial charge in [0.2, 0.25) is 11.8 Å². The van der Waals surface area contributed by atoms with E-state index in [-0.39, 0.29) is 30.3 Å². The Balaban J connectivity index is 2.55. The Hall–Kier alpha value is -1.10. The molecule has 5 nitrogen and oxygen atoms in total. The van der Waals surface area contributed by atoms with Crippen LogP contribution in [0.5, 0.6) is 0 Å². The fraction of sp³-hybridized carbons (Fsp3) is 0.818. The molecule has 1 heterocycles. The first kappa shape index (κ1) is 13.0. The van der Waals surface area contributed by atoms with Crippen LogP contribution in [-0.2, 0) is 14.3 Å². The molecule has 1 rings (SSSR count). The standard InChI is InChI=1S/C11H20N2O3/c1-8(2)10-11(15)13(5-4-6-16-3)7-9(14)12-10/h8,10H,4-7H2,1-3H3,(H,12,14). The summed E-state index contributed by atoms with van der Waals surface area (Å²) in [4.78, 5) is 25.0. The van der Waals surface area contributed by atoms with Crippen molar-refractivity contribution in [3.8, 4) is 0 Å². The summed E-state index contributed by atoms with van der Waals surface area (Å²) in [5.41, 5.74) is 0. The summed E-state index contributed by atoms with van der Waals surface area (Å²) in [5.74, 6) is 0.0723. The Morgan fingerprint density at radius 1 is 1.50 bits per heavy atom. The first-order valence-corrected chi connectivity index (χ1v) is 5.63. The van der Waals surface area contributed by atoms with E-state index in [1.54, 1.807) is 12.0 Å². The van der Waals surface area contributed by atoms with Crippen molar-refractivity contribution in [3.05, 3.63) is 0 Å². The van der Waals surface area contributed by atoms with Gasteiger partial charge in [0.1, 0.15) is 6.04 Å². The minimum atomic E-state index is -0.371. The fourth-order valence-corrected chi connectivity index (χ4v) is 1.77. The fourth-order valence-electron chi connectivity index (χ4n) is 1.77. The molecule has 5 heteroatoms. The largest absolute Gasteiger partial charge is 0.385 e. The quantitative estimate of drug-likeness (QED) is 0.674. The monoisotopic (exact) mass is 228 g/mol. The molecule has 0 aromatic carbocycles. The van der Waals surface area contributed by atoms with Crippen molar-refractivity contribution in [2.24, 2.45) is 5.92 Å². The van der Waals surface area contributed by atoms with Crippen LogP contribution in [0.4, 0.5) is 0 Å². The van der Waals surface area contributed by atoms with Crippen molar-refractivity contribution in [2.75, 3.05) is 26.8 Å². The second-order valence-electron chi connectivity index (χ2n) is 4.40. The molecule has 2 amide bonds. The van der Waals surface area contributed by atoms with Gasteiger partial charge in [-0.1, -0.05) is 13.8 Å². The predicted octanol–water partition coefficient (Wildman–Crippen LogP) is 0.00590. The molecular formula is C11H20N2O3. The van der Waals surface area contributed by atoms with E-state index < -0.39 is 0 Å². The molecule has 0 aromatic rings. The maximum Gasteiger partial charge on any atom is 0.245 e. The Kier molecular flexibility index (Phi) is 4.73. The normalized spacial score (nSPS) is 21.5. The van der Waals surface area contributed by atoms with E-state index in [0.29, 0.717) is 13.2 Å². The maximum absolute atomic E-state index is 12.0. The van der Waals surface area contributed by atoms with Crippen LogP contribution < -0.4 is 5.32 Å². The molecular weight excluding hydrogens is 208 g/mol. The maximum atomic E-state index is 12.0. The molecule has 1 N–H and O–H groups in total. The second-order valence-corrected chi connectivity index (χ2v) is 4.40. The lowest BCUT2D eigenvalue weighted by Gasteiger charge is -2.34. The molecule has 1 unspecified atom stereocenters. The number of nitrogens with one attached hydrogen (secondary N) is 1. The van der Waals surface area contributed by atoms with Gasteiger partial charge >= 0.3 is 0 Å². The van der Waals surface area contributed by atoms with Gasteiger partial charge in [0.15, 0.2) is 0 Å². The molecule has 0 aliphatic carbocycles. The Morgan fingerprint density at radius 3 is 2.75 bits per heavy atom. The average Bonchev–Trinajstić information content (AvgIpc) is 2.22. The Labute approximate surface area is 96.1 Å². The first-order valence-electron chi connectivity index (χ1n) is 5.63. The molecule has 0 bridgehead atoms. The van der Waals surface area contributed by atoms with Crippen LogP contribution >= 0.6 is 0 Å². The lowest BCUT2D eigenvalue weighted by atomic mass is 10.0. The van der Waals surface area contributed by atoms with Crippen LogP contribution in [0.25, 0.3) is 0 Å². The molecule has 1 saturated heterocycles. The summed E-state index contributed by atoms with van der Waals surface area (Å²) in [6.45, 7) is 5.23. The van der Waals surface area contributed by atoms with Gasteiger partial charge in [-0.2, -0.15) is 0 Å². The van der Waals surface area contributed by atoms with Crippen LogP contribution in [0.1, 0.15) is 20.3 Å². The summed E-state index contributed by atoms with van der Waals surface area (Å²) < 4.78 is 4.93. The highest BCUT2D eigenvalue weighted by Gasteiger charge is 2.33. The number of rotatable bonds is 5. The number of methoxy groups -OCH3 is 1. The van der Waals surface area contributed by atoms with Crippen molar-refractivity contribution in [1.29, 1.82) is 0 Å². The molecule has 16 heavy (non-hydrogen) atoms. The van der Waals surface area contributed by atoms with Crippen LogP contribution in [0.2, 0.25) is 0 Å². The topological polar surface area (TPSA) is 58.6 Å². The molecule has 0 saturated carbocycles. The van der Waals surface area contributed by atoms with Gasteiger partial charge in [0, 0.05) is 20.3 Å². The van der Waals surface area contributed by atoms with Gasteiger partial charge in [-0.05, 0) is 12.3 Å². The molecule has 1 atom stereocenters. The second kappa shape index (κ2) is 5.84. The summed E-state index contributed by atoms with van der Waals surface area (Å²) in [7, 11) is 1.63. The van der Waals surface area contributed by atoms with Gasteiger partial charge < -0.3 is 15.0 Å². The third-order valence-electron chi connectivity index (χ3n) is 2.67. The molecule has 92 valence electrons. The van der Waals surface area contributed by atoms with Gasteiger partial charge in [0.05, 0.1) is 6.54 Å². The lowest BCUT2D eigenvalue weighted by molar-refractivity contribution is -0.145. The van der Waals surface area contributed by atoms with Crippen molar-refractivity contribution >= 4 is 11.8 Å². The number of piperazine rings is 1. The molecule has 0 radical (unpaired) electrons. The van der Waals surface area contributed by atoms with E-state index in [9.17, 15) is 9.59 Å². The lowest BCUT2D eigenvalue weighted by Crippen LogP contribution is -2.59. The summed E-state index contributed by atoms with van der Waals surface area (Å²) >= 11 is 0. The molecule has 0 spiro atoms. The van der Waals surface area contributed by atoms with Crippen LogP contribution in [0.15, 0.2) is 0 Å². The van der Waals surface area contributed by atoms with Crippen LogP contribution in [-0.4, -0.2) is 49.6 Å². The predicted molar refractivity (Wildman–Crippen MR) is 59.8 cm³/mol. The SMILES string of the molecule is COCCCN1CC(=O)NC(C(C)C)C1=O. The van der Waals surface area contributed by atoms with Crippen molar-refractivity contribution < 1.29 is 14.3 Å². The summed E-state index contributed by atoms with van der Waals surface area (Å²) in [6.07, 6.45) is 0.764. The van der Waals surface area contributed by atoms with Gasteiger partial charge in [0.25, 0.3) is 0 Å². The van der Waals surface area contributed by atoms with E-state index >= 15 is 0 Å². The third-order valence-corrected chi connectivity index (χ3v) is 2.67. The van der Waals surface area contributed by atoms with Crippen molar-refractivity contribution in [1.82, 2.24) is 10.2 Å². The van der Waals surface area contributed by atoms with E-state index in [4.69, 9.17) is 4.74 Å². The Bertz CT molecular complexity index is 266. The van der Waals surface area contributed by atoms with Crippen LogP contribution in [0, 0.1) is 5.92 Å². The molecule has 1 fully saturated rings. The van der Waals surface area contributed by atoms with E-state index in [1.165, 1.54) is 0 Å². The van der Waals surface area contributed by atoms with E-state index in [1.807, 2.05) is 13.8 Å². The smallest absolute Gasteiger partial charge is 0.245 e. The van der Waals surface area contributed by atoms with Crippen molar-refractivity contribution in [3.63, 3.8) is 0 Å². The number of carbonyl (C=O) groups is 2. The number of hydrogen-bond acceptors (Lipinski definition) is 3. The molecule has 1 aliphatic heterocycles. The number of amides is 2. The third kappa shape index (κ3) is 3.20. The highest BCUT2D eigenvalue weighted by Crippen LogP contribution is 2.10. The van der Waals surface area contributed by atoms with Crippen LogP contribution in [0.3, 0.4) is 0 Å². The highest BCUT2D eigenvalue weighted by atomic mass is 16.5. The molecule has 1 aliphatic rings. The number of ether oxygens (including phenoxy) is 1. The number of hydrogen-bond donors (Lipinski definition) is 1.